The largest absolute Gasteiger partial charge is 0.441 e. The van der Waals surface area contributed by atoms with Gasteiger partial charge in [-0.05, 0) is 43.7 Å². The molecule has 2 aromatic rings. The summed E-state index contributed by atoms with van der Waals surface area (Å²) in [6, 6.07) is 6.44. The summed E-state index contributed by atoms with van der Waals surface area (Å²) >= 11 is 0. The number of carbonyl (C=O) groups is 1. The van der Waals surface area contributed by atoms with Crippen LogP contribution in [-0.4, -0.2) is 58.4 Å². The van der Waals surface area contributed by atoms with Crippen LogP contribution in [-0.2, 0) is 11.3 Å². The van der Waals surface area contributed by atoms with Crippen LogP contribution in [0.1, 0.15) is 24.8 Å². The average molecular weight is 358 g/mol. The maximum absolute atomic E-state index is 13.2. The predicted molar refractivity (Wildman–Crippen MR) is 95.0 cm³/mol. The van der Waals surface area contributed by atoms with Crippen molar-refractivity contribution in [1.29, 1.82) is 0 Å². The molecule has 2 aliphatic rings. The number of H-pyrrole nitrogens is 1. The highest BCUT2D eigenvalue weighted by Gasteiger charge is 2.44. The third-order valence-electron chi connectivity index (χ3n) is 5.38. The monoisotopic (exact) mass is 358 g/mol. The summed E-state index contributed by atoms with van der Waals surface area (Å²) in [5.41, 5.74) is 2.61. The summed E-state index contributed by atoms with van der Waals surface area (Å²) in [5.74, 6) is -0.247. The van der Waals surface area contributed by atoms with Crippen LogP contribution >= 0.6 is 0 Å². The highest BCUT2D eigenvalue weighted by molar-refractivity contribution is 5.70. The van der Waals surface area contributed by atoms with Gasteiger partial charge in [0.1, 0.15) is 11.4 Å². The van der Waals surface area contributed by atoms with Gasteiger partial charge in [0.25, 0.3) is 0 Å². The van der Waals surface area contributed by atoms with Gasteiger partial charge < -0.3 is 9.64 Å². The number of ether oxygens (including phenoxy) is 1. The minimum Gasteiger partial charge on any atom is -0.441 e. The van der Waals surface area contributed by atoms with E-state index in [-0.39, 0.29) is 17.5 Å². The van der Waals surface area contributed by atoms with Crippen LogP contribution in [0, 0.1) is 5.82 Å². The Labute approximate surface area is 151 Å². The van der Waals surface area contributed by atoms with Crippen LogP contribution in [0.4, 0.5) is 9.18 Å². The first-order chi connectivity index (χ1) is 12.5. The number of hydrogen-bond acceptors (Lipinski definition) is 4. The number of halogens is 1. The Balaban J connectivity index is 1.45. The molecule has 2 fully saturated rings. The lowest BCUT2D eigenvalue weighted by Crippen LogP contribution is -2.35. The van der Waals surface area contributed by atoms with Crippen molar-refractivity contribution in [3.05, 3.63) is 41.8 Å². The van der Waals surface area contributed by atoms with E-state index in [1.165, 1.54) is 12.1 Å². The molecule has 4 rings (SSSR count). The van der Waals surface area contributed by atoms with Gasteiger partial charge in [0, 0.05) is 37.7 Å². The lowest BCUT2D eigenvalue weighted by molar-refractivity contribution is 0.0443. The summed E-state index contributed by atoms with van der Waals surface area (Å²) < 4.78 is 18.8. The quantitative estimate of drug-likeness (QED) is 0.916. The number of amides is 1. The fourth-order valence-corrected chi connectivity index (χ4v) is 3.97. The number of rotatable bonds is 3. The van der Waals surface area contributed by atoms with E-state index in [1.807, 2.05) is 6.20 Å². The number of benzene rings is 1. The maximum Gasteiger partial charge on any atom is 0.410 e. The maximum atomic E-state index is 13.2. The zero-order chi connectivity index (χ0) is 18.1. The normalized spacial score (nSPS) is 24.1. The smallest absolute Gasteiger partial charge is 0.410 e. The first-order valence-electron chi connectivity index (χ1n) is 8.99. The third kappa shape index (κ3) is 3.31. The second kappa shape index (κ2) is 6.72. The van der Waals surface area contributed by atoms with Gasteiger partial charge in [-0.1, -0.05) is 0 Å². The molecule has 7 heteroatoms. The van der Waals surface area contributed by atoms with Gasteiger partial charge in [0.05, 0.1) is 18.4 Å². The molecule has 138 valence electrons. The fourth-order valence-electron chi connectivity index (χ4n) is 3.97. The molecule has 0 radical (unpaired) electrons. The Morgan fingerprint density at radius 1 is 1.27 bits per heavy atom. The summed E-state index contributed by atoms with van der Waals surface area (Å²) in [5, 5.41) is 7.21. The Bertz CT molecular complexity index is 791. The van der Waals surface area contributed by atoms with Crippen LogP contribution in [0.3, 0.4) is 0 Å². The van der Waals surface area contributed by atoms with Crippen LogP contribution in [0.15, 0.2) is 30.5 Å². The highest BCUT2D eigenvalue weighted by Crippen LogP contribution is 2.33. The molecular formula is C19H23FN4O2. The molecular weight excluding hydrogens is 335 g/mol. The van der Waals surface area contributed by atoms with E-state index < -0.39 is 0 Å². The Morgan fingerprint density at radius 2 is 2.08 bits per heavy atom. The van der Waals surface area contributed by atoms with Gasteiger partial charge in [-0.3, -0.25) is 10.00 Å². The van der Waals surface area contributed by atoms with Gasteiger partial charge in [0.15, 0.2) is 0 Å². The number of likely N-dealkylation sites (N-methyl/N-ethyl adjacent to an activating group) is 1. The Morgan fingerprint density at radius 3 is 2.81 bits per heavy atom. The number of aromatic nitrogens is 2. The molecule has 1 aromatic heterocycles. The van der Waals surface area contributed by atoms with Gasteiger partial charge >= 0.3 is 6.09 Å². The van der Waals surface area contributed by atoms with E-state index >= 15 is 0 Å². The Hall–Kier alpha value is -2.41. The SMILES string of the molecule is CN1C[C@@]2(CCCN(Cc3cn[nH]c3-c3ccc(F)cc3)CC2)OC1=O. The number of likely N-dealkylation sites (tertiary alicyclic amines) is 1. The van der Waals surface area contributed by atoms with Gasteiger partial charge in [-0.25, -0.2) is 9.18 Å². The Kier molecular flexibility index (Phi) is 4.40. The molecule has 3 heterocycles. The second-order valence-electron chi connectivity index (χ2n) is 7.31. The van der Waals surface area contributed by atoms with Gasteiger partial charge in [0.2, 0.25) is 0 Å². The van der Waals surface area contributed by atoms with Crippen molar-refractivity contribution in [3.63, 3.8) is 0 Å². The molecule has 1 aromatic carbocycles. The van der Waals surface area contributed by atoms with E-state index in [0.29, 0.717) is 6.54 Å². The highest BCUT2D eigenvalue weighted by atomic mass is 19.1. The molecule has 0 aliphatic carbocycles. The lowest BCUT2D eigenvalue weighted by Gasteiger charge is -2.25. The van der Waals surface area contributed by atoms with Crippen LogP contribution in [0.5, 0.6) is 0 Å². The first kappa shape index (κ1) is 17.0. The minimum atomic E-state index is -0.337. The molecule has 0 saturated carbocycles. The molecule has 0 bridgehead atoms. The molecule has 1 amide bonds. The number of nitrogens with one attached hydrogen (secondary N) is 1. The van der Waals surface area contributed by atoms with Crippen molar-refractivity contribution in [2.75, 3.05) is 26.7 Å². The van der Waals surface area contributed by atoms with Crippen molar-refractivity contribution in [1.82, 2.24) is 20.0 Å². The fraction of sp³-hybridized carbons (Fsp3) is 0.474. The molecule has 1 N–H and O–H groups in total. The van der Waals surface area contributed by atoms with Crippen molar-refractivity contribution in [2.45, 2.75) is 31.4 Å². The van der Waals surface area contributed by atoms with Gasteiger partial charge in [-0.2, -0.15) is 5.10 Å². The van der Waals surface area contributed by atoms with Crippen LogP contribution in [0.2, 0.25) is 0 Å². The van der Waals surface area contributed by atoms with Crippen LogP contribution in [0.25, 0.3) is 11.3 Å². The van der Waals surface area contributed by atoms with E-state index in [4.69, 9.17) is 4.74 Å². The van der Waals surface area contributed by atoms with E-state index in [2.05, 4.69) is 15.1 Å². The number of nitrogens with zero attached hydrogens (tertiary/aromatic N) is 3. The third-order valence-corrected chi connectivity index (χ3v) is 5.38. The molecule has 6 nitrogen and oxygen atoms in total. The van der Waals surface area contributed by atoms with Crippen molar-refractivity contribution in [2.24, 2.45) is 0 Å². The zero-order valence-corrected chi connectivity index (χ0v) is 14.9. The summed E-state index contributed by atoms with van der Waals surface area (Å²) in [6.07, 6.45) is 4.35. The number of carbonyl (C=O) groups excluding carboxylic acids is 1. The van der Waals surface area contributed by atoms with Gasteiger partial charge in [-0.15, -0.1) is 0 Å². The summed E-state index contributed by atoms with van der Waals surface area (Å²) in [7, 11) is 1.79. The minimum absolute atomic E-state index is 0.216. The summed E-state index contributed by atoms with van der Waals surface area (Å²) in [6.45, 7) is 3.27. The van der Waals surface area contributed by atoms with Crippen molar-refractivity contribution < 1.29 is 13.9 Å². The molecule has 26 heavy (non-hydrogen) atoms. The topological polar surface area (TPSA) is 61.5 Å². The van der Waals surface area contributed by atoms with Crippen LogP contribution < -0.4 is 0 Å². The molecule has 0 unspecified atom stereocenters. The first-order valence-corrected chi connectivity index (χ1v) is 8.99. The zero-order valence-electron chi connectivity index (χ0n) is 14.9. The van der Waals surface area contributed by atoms with E-state index in [0.717, 1.165) is 55.7 Å². The lowest BCUT2D eigenvalue weighted by atomic mass is 9.95. The second-order valence-corrected chi connectivity index (χ2v) is 7.31. The molecule has 1 spiro atoms. The molecule has 1 atom stereocenters. The van der Waals surface area contributed by atoms with E-state index in [9.17, 15) is 9.18 Å². The van der Waals surface area contributed by atoms with Crippen molar-refractivity contribution >= 4 is 6.09 Å². The standard InChI is InChI=1S/C19H23FN4O2/c1-23-13-19(26-18(23)25)7-2-9-24(10-8-19)12-15-11-21-22-17(15)14-3-5-16(20)6-4-14/h3-6,11H,2,7-10,12-13H2,1H3,(H,21,22)/t19-/m0/s1. The van der Waals surface area contributed by atoms with Crippen molar-refractivity contribution in [3.8, 4) is 11.3 Å². The van der Waals surface area contributed by atoms with E-state index in [1.54, 1.807) is 24.1 Å². The molecule has 2 saturated heterocycles. The molecule has 2 aliphatic heterocycles. The predicted octanol–water partition coefficient (Wildman–Crippen LogP) is 3.02. The number of hydrogen-bond donors (Lipinski definition) is 1. The number of aromatic amines is 1. The summed E-state index contributed by atoms with van der Waals surface area (Å²) in [4.78, 5) is 15.8. The average Bonchev–Trinajstić information content (AvgIpc) is 3.12.